The quantitative estimate of drug-likeness (QED) is 0.645. The molecule has 2 N–H and O–H groups in total. The van der Waals surface area contributed by atoms with Gasteiger partial charge in [-0.05, 0) is 68.0 Å². The summed E-state index contributed by atoms with van der Waals surface area (Å²) in [6, 6.07) is 13.7. The number of methoxy groups -OCH3 is 1. The molecular weight excluding hydrogens is 418 g/mol. The average molecular weight is 452 g/mol. The standard InChI is InChI=1S/C26H33N3O4/c1-4-15-27-25(31)23(28-24(30)20-9-11-21(33-3)12-10-20)19-13-16-29(17-14-19)26(32)22-8-6-5-7-18(22)2/h5-12,19,23H,4,13-17H2,1-3H3,(H,27,31)(H,28,30)/t23-/m1/s1. The van der Waals surface area contributed by atoms with Gasteiger partial charge >= 0.3 is 0 Å². The molecule has 0 aliphatic carbocycles. The Morgan fingerprint density at radius 1 is 1.06 bits per heavy atom. The number of likely N-dealkylation sites (tertiary alicyclic amines) is 1. The smallest absolute Gasteiger partial charge is 0.254 e. The first-order chi connectivity index (χ1) is 15.9. The third-order valence-electron chi connectivity index (χ3n) is 6.14. The second kappa shape index (κ2) is 11.5. The molecule has 0 radical (unpaired) electrons. The van der Waals surface area contributed by atoms with Crippen LogP contribution >= 0.6 is 0 Å². The highest BCUT2D eigenvalue weighted by Gasteiger charge is 2.34. The van der Waals surface area contributed by atoms with Gasteiger partial charge in [-0.3, -0.25) is 14.4 Å². The minimum absolute atomic E-state index is 0.0146. The van der Waals surface area contributed by atoms with Crippen molar-refractivity contribution in [3.05, 3.63) is 65.2 Å². The third kappa shape index (κ3) is 6.12. The molecule has 7 nitrogen and oxygen atoms in total. The monoisotopic (exact) mass is 451 g/mol. The molecule has 2 aromatic rings. The predicted octanol–water partition coefficient (Wildman–Crippen LogP) is 3.18. The molecule has 176 valence electrons. The van der Waals surface area contributed by atoms with Crippen molar-refractivity contribution < 1.29 is 19.1 Å². The Morgan fingerprint density at radius 3 is 2.33 bits per heavy atom. The summed E-state index contributed by atoms with van der Waals surface area (Å²) in [6.07, 6.45) is 2.10. The number of hydrogen-bond donors (Lipinski definition) is 2. The van der Waals surface area contributed by atoms with Crippen molar-refractivity contribution in [3.8, 4) is 5.75 Å². The molecule has 0 saturated carbocycles. The molecule has 1 saturated heterocycles. The zero-order valence-electron chi connectivity index (χ0n) is 19.6. The second-order valence-electron chi connectivity index (χ2n) is 8.42. The van der Waals surface area contributed by atoms with Gasteiger partial charge in [-0.2, -0.15) is 0 Å². The lowest BCUT2D eigenvalue weighted by atomic mass is 9.88. The van der Waals surface area contributed by atoms with E-state index in [1.54, 1.807) is 31.4 Å². The normalized spacial score (nSPS) is 14.9. The van der Waals surface area contributed by atoms with Gasteiger partial charge in [0.1, 0.15) is 11.8 Å². The molecule has 3 amide bonds. The van der Waals surface area contributed by atoms with E-state index in [4.69, 9.17) is 4.74 Å². The van der Waals surface area contributed by atoms with Crippen LogP contribution in [0.3, 0.4) is 0 Å². The van der Waals surface area contributed by atoms with Crippen LogP contribution in [0.4, 0.5) is 0 Å². The van der Waals surface area contributed by atoms with E-state index in [2.05, 4.69) is 10.6 Å². The Kier molecular flexibility index (Phi) is 8.46. The molecule has 1 heterocycles. The Labute approximate surface area is 195 Å². The fraction of sp³-hybridized carbons (Fsp3) is 0.423. The van der Waals surface area contributed by atoms with Crippen molar-refractivity contribution in [3.63, 3.8) is 0 Å². The molecule has 1 atom stereocenters. The highest BCUT2D eigenvalue weighted by molar-refractivity contribution is 5.98. The minimum atomic E-state index is -0.651. The number of aryl methyl sites for hydroxylation is 1. The van der Waals surface area contributed by atoms with E-state index < -0.39 is 6.04 Å². The van der Waals surface area contributed by atoms with Crippen molar-refractivity contribution in [1.29, 1.82) is 0 Å². The first-order valence-electron chi connectivity index (χ1n) is 11.5. The van der Waals surface area contributed by atoms with Crippen LogP contribution in [0.1, 0.15) is 52.5 Å². The lowest BCUT2D eigenvalue weighted by Gasteiger charge is -2.36. The second-order valence-corrected chi connectivity index (χ2v) is 8.42. The van der Waals surface area contributed by atoms with Gasteiger partial charge in [-0.15, -0.1) is 0 Å². The van der Waals surface area contributed by atoms with Crippen LogP contribution in [0.2, 0.25) is 0 Å². The number of carbonyl (C=O) groups is 3. The molecule has 1 fully saturated rings. The van der Waals surface area contributed by atoms with Gasteiger partial charge in [0.2, 0.25) is 5.91 Å². The molecule has 1 aliphatic rings. The summed E-state index contributed by atoms with van der Waals surface area (Å²) in [7, 11) is 1.57. The summed E-state index contributed by atoms with van der Waals surface area (Å²) in [5, 5.41) is 5.86. The largest absolute Gasteiger partial charge is 0.497 e. The van der Waals surface area contributed by atoms with Crippen LogP contribution in [0.5, 0.6) is 5.75 Å². The molecule has 0 aromatic heterocycles. The van der Waals surface area contributed by atoms with E-state index in [0.29, 0.717) is 49.4 Å². The molecule has 7 heteroatoms. The van der Waals surface area contributed by atoms with E-state index in [-0.39, 0.29) is 23.6 Å². The number of hydrogen-bond acceptors (Lipinski definition) is 4. The highest BCUT2D eigenvalue weighted by Crippen LogP contribution is 2.24. The van der Waals surface area contributed by atoms with Crippen molar-refractivity contribution >= 4 is 17.7 Å². The maximum atomic E-state index is 13.0. The molecule has 0 unspecified atom stereocenters. The molecule has 33 heavy (non-hydrogen) atoms. The van der Waals surface area contributed by atoms with Crippen molar-refractivity contribution in [2.45, 2.75) is 39.2 Å². The Balaban J connectivity index is 1.68. The first-order valence-corrected chi connectivity index (χ1v) is 11.5. The number of ether oxygens (including phenoxy) is 1. The summed E-state index contributed by atoms with van der Waals surface area (Å²) < 4.78 is 5.15. The molecule has 2 aromatic carbocycles. The number of rotatable bonds is 8. The van der Waals surface area contributed by atoms with Crippen LogP contribution in [0.15, 0.2) is 48.5 Å². The Hall–Kier alpha value is -3.35. The summed E-state index contributed by atoms with van der Waals surface area (Å²) in [5.41, 5.74) is 2.13. The number of carbonyl (C=O) groups excluding carboxylic acids is 3. The van der Waals surface area contributed by atoms with Gasteiger partial charge in [-0.25, -0.2) is 0 Å². The van der Waals surface area contributed by atoms with E-state index in [1.165, 1.54) is 0 Å². The molecule has 1 aliphatic heterocycles. The van der Waals surface area contributed by atoms with Crippen LogP contribution in [-0.2, 0) is 4.79 Å². The average Bonchev–Trinajstić information content (AvgIpc) is 2.85. The Bertz CT molecular complexity index is 966. The number of benzene rings is 2. The molecule has 0 spiro atoms. The minimum Gasteiger partial charge on any atom is -0.497 e. The zero-order valence-corrected chi connectivity index (χ0v) is 19.6. The van der Waals surface area contributed by atoms with Crippen molar-refractivity contribution in [2.75, 3.05) is 26.7 Å². The summed E-state index contributed by atoms with van der Waals surface area (Å²) in [4.78, 5) is 40.6. The number of nitrogens with one attached hydrogen (secondary N) is 2. The van der Waals surface area contributed by atoms with E-state index in [1.807, 2.05) is 43.0 Å². The Morgan fingerprint density at radius 2 is 1.73 bits per heavy atom. The van der Waals surface area contributed by atoms with Crippen LogP contribution in [0, 0.1) is 12.8 Å². The summed E-state index contributed by atoms with van der Waals surface area (Å²) in [6.45, 7) is 5.57. The van der Waals surface area contributed by atoms with E-state index in [0.717, 1.165) is 12.0 Å². The fourth-order valence-electron chi connectivity index (χ4n) is 4.14. The topological polar surface area (TPSA) is 87.7 Å². The molecule has 0 bridgehead atoms. The summed E-state index contributed by atoms with van der Waals surface area (Å²) in [5.74, 6) is 0.148. The maximum absolute atomic E-state index is 13.0. The third-order valence-corrected chi connectivity index (χ3v) is 6.14. The highest BCUT2D eigenvalue weighted by atomic mass is 16.5. The van der Waals surface area contributed by atoms with Gasteiger partial charge in [0.25, 0.3) is 11.8 Å². The number of amides is 3. The van der Waals surface area contributed by atoms with Gasteiger partial charge in [0.05, 0.1) is 7.11 Å². The van der Waals surface area contributed by atoms with Crippen molar-refractivity contribution in [2.24, 2.45) is 5.92 Å². The van der Waals surface area contributed by atoms with Gasteiger partial charge in [-0.1, -0.05) is 25.1 Å². The zero-order chi connectivity index (χ0) is 23.8. The molecule has 3 rings (SSSR count). The summed E-state index contributed by atoms with van der Waals surface area (Å²) >= 11 is 0. The van der Waals surface area contributed by atoms with Gasteiger partial charge < -0.3 is 20.3 Å². The lowest BCUT2D eigenvalue weighted by Crippen LogP contribution is -2.54. The van der Waals surface area contributed by atoms with Crippen LogP contribution in [-0.4, -0.2) is 55.4 Å². The number of piperidine rings is 1. The van der Waals surface area contributed by atoms with E-state index in [9.17, 15) is 14.4 Å². The number of nitrogens with zero attached hydrogens (tertiary/aromatic N) is 1. The van der Waals surface area contributed by atoms with Gasteiger partial charge in [0.15, 0.2) is 0 Å². The van der Waals surface area contributed by atoms with E-state index >= 15 is 0 Å². The SMILES string of the molecule is CCCNC(=O)[C@H](NC(=O)c1ccc(OC)cc1)C1CCN(C(=O)c2ccccc2C)CC1. The van der Waals surface area contributed by atoms with Gasteiger partial charge in [0, 0.05) is 30.8 Å². The first kappa shape index (κ1) is 24.3. The predicted molar refractivity (Wildman–Crippen MR) is 127 cm³/mol. The van der Waals surface area contributed by atoms with Crippen LogP contribution < -0.4 is 15.4 Å². The maximum Gasteiger partial charge on any atom is 0.254 e. The lowest BCUT2D eigenvalue weighted by molar-refractivity contribution is -0.124. The molecular formula is C26H33N3O4. The van der Waals surface area contributed by atoms with Crippen molar-refractivity contribution in [1.82, 2.24) is 15.5 Å². The fourth-order valence-corrected chi connectivity index (χ4v) is 4.14. The van der Waals surface area contributed by atoms with Crippen LogP contribution in [0.25, 0.3) is 0 Å².